The second-order valence-corrected chi connectivity index (χ2v) is 6.21. The summed E-state index contributed by atoms with van der Waals surface area (Å²) >= 11 is 1.45. The molecular weight excluding hydrogens is 324 g/mol. The van der Waals surface area contributed by atoms with Gasteiger partial charge in [0.1, 0.15) is 0 Å². The van der Waals surface area contributed by atoms with E-state index in [9.17, 15) is 4.79 Å². The van der Waals surface area contributed by atoms with Crippen molar-refractivity contribution in [3.05, 3.63) is 46.7 Å². The van der Waals surface area contributed by atoms with Gasteiger partial charge in [0.05, 0.1) is 28.6 Å². The highest BCUT2D eigenvalue weighted by atomic mass is 32.1. The van der Waals surface area contributed by atoms with Gasteiger partial charge in [0.25, 0.3) is 0 Å². The Balaban J connectivity index is 1.99. The Labute approximate surface area is 143 Å². The Morgan fingerprint density at radius 1 is 1.38 bits per heavy atom. The number of rotatable bonds is 5. The molecular formula is C17H18N4O2S. The maximum atomic E-state index is 12.2. The van der Waals surface area contributed by atoms with Gasteiger partial charge in [-0.2, -0.15) is 0 Å². The van der Waals surface area contributed by atoms with E-state index in [0.717, 1.165) is 21.5 Å². The average molecular weight is 342 g/mol. The van der Waals surface area contributed by atoms with Crippen LogP contribution in [0.5, 0.6) is 0 Å². The van der Waals surface area contributed by atoms with Crippen molar-refractivity contribution in [3.63, 3.8) is 0 Å². The van der Waals surface area contributed by atoms with Crippen molar-refractivity contribution in [2.45, 2.75) is 26.8 Å². The maximum absolute atomic E-state index is 12.2. The quantitative estimate of drug-likeness (QED) is 0.712. The number of ether oxygens (including phenoxy) is 1. The van der Waals surface area contributed by atoms with Gasteiger partial charge in [-0.15, -0.1) is 11.3 Å². The number of hydrogen-bond acceptors (Lipinski definition) is 7. The molecule has 0 bridgehead atoms. The summed E-state index contributed by atoms with van der Waals surface area (Å²) in [5.74, 6) is -0.0366. The molecule has 124 valence electrons. The van der Waals surface area contributed by atoms with Gasteiger partial charge < -0.3 is 10.1 Å². The number of nitrogens with zero attached hydrogens (tertiary/aromatic N) is 3. The molecule has 6 nitrogen and oxygen atoms in total. The van der Waals surface area contributed by atoms with Gasteiger partial charge in [0, 0.05) is 6.20 Å². The molecule has 24 heavy (non-hydrogen) atoms. The molecule has 3 heterocycles. The minimum absolute atomic E-state index is 0.0855. The Morgan fingerprint density at radius 3 is 2.92 bits per heavy atom. The van der Waals surface area contributed by atoms with Gasteiger partial charge >= 0.3 is 5.97 Å². The Bertz CT molecular complexity index is 864. The number of aryl methyl sites for hydroxylation is 1. The van der Waals surface area contributed by atoms with Gasteiger partial charge in [-0.3, -0.25) is 4.98 Å². The number of hydrogen-bond donors (Lipinski definition) is 1. The molecule has 3 aromatic rings. The van der Waals surface area contributed by atoms with Gasteiger partial charge in [-0.25, -0.2) is 14.8 Å². The summed E-state index contributed by atoms with van der Waals surface area (Å²) in [5, 5.41) is 5.18. The number of carbonyl (C=O) groups is 1. The summed E-state index contributed by atoms with van der Waals surface area (Å²) in [7, 11) is 0. The van der Waals surface area contributed by atoms with Crippen LogP contribution in [-0.4, -0.2) is 27.5 Å². The van der Waals surface area contributed by atoms with Crippen molar-refractivity contribution < 1.29 is 9.53 Å². The van der Waals surface area contributed by atoms with Gasteiger partial charge in [-0.1, -0.05) is 6.07 Å². The van der Waals surface area contributed by atoms with Gasteiger partial charge in [0.2, 0.25) is 5.95 Å². The number of esters is 1. The fraction of sp³-hybridized carbons (Fsp3) is 0.294. The lowest BCUT2D eigenvalue weighted by molar-refractivity contribution is 0.0522. The molecule has 0 aromatic carbocycles. The minimum Gasteiger partial charge on any atom is -0.461 e. The molecule has 0 saturated carbocycles. The van der Waals surface area contributed by atoms with Crippen molar-refractivity contribution >= 4 is 33.5 Å². The molecule has 0 aliphatic heterocycles. The zero-order valence-corrected chi connectivity index (χ0v) is 14.6. The molecule has 0 spiro atoms. The normalized spacial score (nSPS) is 12.1. The number of carbonyl (C=O) groups excluding carboxylic acids is 1. The van der Waals surface area contributed by atoms with Crippen LogP contribution in [0.2, 0.25) is 0 Å². The maximum Gasteiger partial charge on any atom is 0.358 e. The second kappa shape index (κ2) is 6.92. The molecule has 0 amide bonds. The van der Waals surface area contributed by atoms with Crippen LogP contribution in [0.1, 0.15) is 41.6 Å². The molecule has 0 aliphatic rings. The van der Waals surface area contributed by atoms with Crippen molar-refractivity contribution in [2.24, 2.45) is 0 Å². The molecule has 0 saturated heterocycles. The van der Waals surface area contributed by atoms with E-state index in [0.29, 0.717) is 18.2 Å². The molecule has 3 rings (SSSR count). The van der Waals surface area contributed by atoms with E-state index in [1.807, 2.05) is 37.4 Å². The first-order chi connectivity index (χ1) is 11.6. The second-order valence-electron chi connectivity index (χ2n) is 5.33. The van der Waals surface area contributed by atoms with E-state index in [4.69, 9.17) is 4.74 Å². The van der Waals surface area contributed by atoms with E-state index in [2.05, 4.69) is 20.3 Å². The summed E-state index contributed by atoms with van der Waals surface area (Å²) in [6, 6.07) is 5.64. The summed E-state index contributed by atoms with van der Waals surface area (Å²) < 4.78 is 5.88. The minimum atomic E-state index is -0.430. The molecule has 0 aliphatic carbocycles. The number of thiophene rings is 1. The number of anilines is 1. The molecule has 7 heteroatoms. The van der Waals surface area contributed by atoms with Crippen LogP contribution in [0.15, 0.2) is 29.8 Å². The van der Waals surface area contributed by atoms with Crippen LogP contribution in [0.4, 0.5) is 5.95 Å². The van der Waals surface area contributed by atoms with Crippen LogP contribution in [0.3, 0.4) is 0 Å². The summed E-state index contributed by atoms with van der Waals surface area (Å²) in [4.78, 5) is 25.5. The Hall–Kier alpha value is -2.54. The van der Waals surface area contributed by atoms with E-state index < -0.39 is 5.97 Å². The predicted octanol–water partition coefficient (Wildman–Crippen LogP) is 3.74. The number of nitrogens with one attached hydrogen (secondary N) is 1. The third-order valence-corrected chi connectivity index (χ3v) is 4.63. The van der Waals surface area contributed by atoms with Gasteiger partial charge in [0.15, 0.2) is 5.69 Å². The Morgan fingerprint density at radius 2 is 2.21 bits per heavy atom. The average Bonchev–Trinajstić information content (AvgIpc) is 2.96. The van der Waals surface area contributed by atoms with Crippen LogP contribution >= 0.6 is 11.3 Å². The lowest BCUT2D eigenvalue weighted by Gasteiger charge is -2.14. The highest BCUT2D eigenvalue weighted by Crippen LogP contribution is 2.28. The van der Waals surface area contributed by atoms with Crippen LogP contribution < -0.4 is 5.32 Å². The largest absolute Gasteiger partial charge is 0.461 e. The topological polar surface area (TPSA) is 77.0 Å². The molecule has 3 aromatic heterocycles. The Kier molecular flexibility index (Phi) is 4.71. The lowest BCUT2D eigenvalue weighted by Crippen LogP contribution is -2.14. The van der Waals surface area contributed by atoms with Crippen molar-refractivity contribution in [1.82, 2.24) is 15.0 Å². The SMILES string of the molecule is CCOC(=O)c1nc(N[C@@H](C)c2ccccn2)nc2c(C)csc12. The van der Waals surface area contributed by atoms with Crippen LogP contribution in [-0.2, 0) is 4.74 Å². The monoisotopic (exact) mass is 342 g/mol. The predicted molar refractivity (Wildman–Crippen MR) is 94.4 cm³/mol. The zero-order valence-electron chi connectivity index (χ0n) is 13.7. The molecule has 1 N–H and O–H groups in total. The number of aromatic nitrogens is 3. The summed E-state index contributed by atoms with van der Waals surface area (Å²) in [5.41, 5.74) is 2.96. The van der Waals surface area contributed by atoms with Crippen LogP contribution in [0, 0.1) is 6.92 Å². The third kappa shape index (κ3) is 3.21. The van der Waals surface area contributed by atoms with Crippen molar-refractivity contribution in [1.29, 1.82) is 0 Å². The number of pyridine rings is 1. The first-order valence-corrected chi connectivity index (χ1v) is 8.58. The van der Waals surface area contributed by atoms with Crippen molar-refractivity contribution in [3.8, 4) is 0 Å². The first kappa shape index (κ1) is 16.3. The standard InChI is InChI=1S/C17H18N4O2S/c1-4-23-16(22)14-15-13(10(2)9-24-15)20-17(21-14)19-11(3)12-7-5-6-8-18-12/h5-9,11H,4H2,1-3H3,(H,19,20,21)/t11-/m0/s1. The third-order valence-electron chi connectivity index (χ3n) is 3.54. The molecule has 0 fully saturated rings. The fourth-order valence-electron chi connectivity index (χ4n) is 2.33. The zero-order chi connectivity index (χ0) is 17.1. The van der Waals surface area contributed by atoms with E-state index in [1.54, 1.807) is 13.1 Å². The van der Waals surface area contributed by atoms with E-state index in [-0.39, 0.29) is 6.04 Å². The molecule has 1 atom stereocenters. The lowest BCUT2D eigenvalue weighted by atomic mass is 10.2. The van der Waals surface area contributed by atoms with Gasteiger partial charge in [-0.05, 0) is 43.8 Å². The first-order valence-electron chi connectivity index (χ1n) is 7.70. The molecule has 0 radical (unpaired) electrons. The highest BCUT2D eigenvalue weighted by Gasteiger charge is 2.19. The van der Waals surface area contributed by atoms with E-state index in [1.165, 1.54) is 11.3 Å². The molecule has 0 unspecified atom stereocenters. The highest BCUT2D eigenvalue weighted by molar-refractivity contribution is 7.17. The van der Waals surface area contributed by atoms with Crippen molar-refractivity contribution in [2.75, 3.05) is 11.9 Å². The summed E-state index contributed by atoms with van der Waals surface area (Å²) in [6.07, 6.45) is 1.74. The van der Waals surface area contributed by atoms with E-state index >= 15 is 0 Å². The summed E-state index contributed by atoms with van der Waals surface area (Å²) in [6.45, 7) is 6.02. The smallest absolute Gasteiger partial charge is 0.358 e. The number of fused-ring (bicyclic) bond motifs is 1. The fourth-order valence-corrected chi connectivity index (χ4v) is 3.30. The van der Waals surface area contributed by atoms with Crippen LogP contribution in [0.25, 0.3) is 10.2 Å².